The summed E-state index contributed by atoms with van der Waals surface area (Å²) in [7, 11) is 0. The minimum absolute atomic E-state index is 0.274. The second kappa shape index (κ2) is 3.75. The number of rotatable bonds is 3. The molecule has 0 bridgehead atoms. The fourth-order valence-electron chi connectivity index (χ4n) is 0.153. The van der Waals surface area contributed by atoms with Gasteiger partial charge < -0.3 is 9.79 Å². The molecule has 0 saturated heterocycles. The fourth-order valence-corrected chi connectivity index (χ4v) is 2.00. The van der Waals surface area contributed by atoms with E-state index in [1.54, 1.807) is 0 Å². The van der Waals surface area contributed by atoms with Crippen molar-refractivity contribution >= 4 is 29.8 Å². The van der Waals surface area contributed by atoms with Crippen LogP contribution in [0, 0.1) is 0 Å². The first-order valence-electron chi connectivity index (χ1n) is 1.82. The highest BCUT2D eigenvalue weighted by Gasteiger charge is 2.11. The van der Waals surface area contributed by atoms with E-state index < -0.39 is 6.80 Å². The second-order valence-corrected chi connectivity index (χ2v) is 5.24. The summed E-state index contributed by atoms with van der Waals surface area (Å²) < 4.78 is 9.99. The molecule has 0 spiro atoms. The molecule has 0 rings (SSSR count). The molecule has 50 valence electrons. The lowest BCUT2D eigenvalue weighted by molar-refractivity contribution is 0.397. The highest BCUT2D eigenvalue weighted by Crippen LogP contribution is 2.49. The largest absolute Gasteiger partial charge is 0.384 e. The molecule has 0 atom stereocenters. The molecule has 0 radical (unpaired) electrons. The molecule has 6 heteroatoms. The van der Waals surface area contributed by atoms with Crippen molar-refractivity contribution in [3.05, 3.63) is 0 Å². The summed E-state index contributed by atoms with van der Waals surface area (Å²) in [5.41, 5.74) is 0. The zero-order valence-electron chi connectivity index (χ0n) is 3.95. The Kier molecular flexibility index (Phi) is 4.12. The van der Waals surface area contributed by atoms with Gasteiger partial charge in [-0.25, -0.2) is 4.57 Å². The quantitative estimate of drug-likeness (QED) is 0.499. The highest BCUT2D eigenvalue weighted by atomic mass is 35.5. The average molecular weight is 177 g/mol. The number of alkyl halides is 1. The van der Waals surface area contributed by atoms with Crippen LogP contribution in [0.4, 0.5) is 0 Å². The Bertz CT molecular complexity index is 101. The first kappa shape index (κ1) is 8.79. The molecule has 0 aliphatic carbocycles. The van der Waals surface area contributed by atoms with Crippen LogP contribution in [0.3, 0.4) is 0 Å². The van der Waals surface area contributed by atoms with Gasteiger partial charge in [0.05, 0.1) is 0 Å². The Balaban J connectivity index is 3.26. The third-order valence-corrected chi connectivity index (χ3v) is 3.03. The van der Waals surface area contributed by atoms with E-state index in [0.29, 0.717) is 17.1 Å². The molecule has 8 heavy (non-hydrogen) atoms. The van der Waals surface area contributed by atoms with E-state index in [1.165, 1.54) is 0 Å². The topological polar surface area (TPSA) is 57.5 Å². The van der Waals surface area contributed by atoms with Crippen molar-refractivity contribution in [3.8, 4) is 0 Å². The average Bonchev–Trinajstić information content (AvgIpc) is 1.59. The molecular formula is C2H6ClO3PS. The van der Waals surface area contributed by atoms with Gasteiger partial charge in [-0.1, -0.05) is 0 Å². The normalized spacial score (nSPS) is 11.9. The van der Waals surface area contributed by atoms with Crippen LogP contribution in [-0.4, -0.2) is 21.4 Å². The SMILES string of the molecule is O=P(O)(O)SCCCl. The Hall–Kier alpha value is 0.790. The Morgan fingerprint density at radius 1 is 1.62 bits per heavy atom. The van der Waals surface area contributed by atoms with Gasteiger partial charge in [-0.15, -0.1) is 11.6 Å². The first-order chi connectivity index (χ1) is 3.56. The van der Waals surface area contributed by atoms with Crippen molar-refractivity contribution in [2.24, 2.45) is 0 Å². The van der Waals surface area contributed by atoms with E-state index in [0.717, 1.165) is 0 Å². The molecule has 0 amide bonds. The maximum Gasteiger partial charge on any atom is 0.384 e. The van der Waals surface area contributed by atoms with Crippen LogP contribution in [0.5, 0.6) is 0 Å². The molecule has 0 aromatic heterocycles. The standard InChI is InChI=1S/C2H6ClO3PS/c3-1-2-8-7(4,5)6/h1-2H2,(H2,4,5,6). The van der Waals surface area contributed by atoms with Gasteiger partial charge in [0.1, 0.15) is 0 Å². The summed E-state index contributed by atoms with van der Waals surface area (Å²) in [5, 5.41) is 0. The van der Waals surface area contributed by atoms with E-state index in [9.17, 15) is 4.57 Å². The van der Waals surface area contributed by atoms with Crippen LogP contribution in [0.25, 0.3) is 0 Å². The zero-order chi connectivity index (χ0) is 6.62. The van der Waals surface area contributed by atoms with Crippen molar-refractivity contribution in [1.29, 1.82) is 0 Å². The smallest absolute Gasteiger partial charge is 0.317 e. The van der Waals surface area contributed by atoms with Gasteiger partial charge in [0.15, 0.2) is 0 Å². The van der Waals surface area contributed by atoms with Crippen LogP contribution in [0.15, 0.2) is 0 Å². The predicted octanol–water partition coefficient (Wildman–Crippen LogP) is 1.05. The predicted molar refractivity (Wildman–Crippen MR) is 35.2 cm³/mol. The lowest BCUT2D eigenvalue weighted by Crippen LogP contribution is -1.77. The lowest BCUT2D eigenvalue weighted by atomic mass is 11.0. The van der Waals surface area contributed by atoms with Gasteiger partial charge in [-0.05, 0) is 11.4 Å². The van der Waals surface area contributed by atoms with Crippen LogP contribution >= 0.6 is 29.8 Å². The van der Waals surface area contributed by atoms with Crippen molar-refractivity contribution in [2.75, 3.05) is 11.6 Å². The Morgan fingerprint density at radius 2 is 2.12 bits per heavy atom. The first-order valence-corrected chi connectivity index (χ1v) is 5.56. The van der Waals surface area contributed by atoms with Crippen molar-refractivity contribution in [3.63, 3.8) is 0 Å². The van der Waals surface area contributed by atoms with Gasteiger partial charge in [0.25, 0.3) is 0 Å². The molecule has 0 aromatic rings. The Morgan fingerprint density at radius 3 is 2.25 bits per heavy atom. The lowest BCUT2D eigenvalue weighted by Gasteiger charge is -1.97. The third kappa shape index (κ3) is 6.79. The molecule has 0 unspecified atom stereocenters. The van der Waals surface area contributed by atoms with E-state index in [4.69, 9.17) is 21.4 Å². The summed E-state index contributed by atoms with van der Waals surface area (Å²) in [6, 6.07) is 0. The minimum atomic E-state index is -3.85. The summed E-state index contributed by atoms with van der Waals surface area (Å²) in [6.07, 6.45) is 0. The van der Waals surface area contributed by atoms with Gasteiger partial charge in [0, 0.05) is 11.6 Å². The van der Waals surface area contributed by atoms with E-state index in [1.807, 2.05) is 0 Å². The van der Waals surface area contributed by atoms with Crippen LogP contribution in [-0.2, 0) is 4.57 Å². The van der Waals surface area contributed by atoms with Gasteiger partial charge >= 0.3 is 6.80 Å². The summed E-state index contributed by atoms with van der Waals surface area (Å²) in [4.78, 5) is 16.3. The molecule has 0 heterocycles. The van der Waals surface area contributed by atoms with Crippen molar-refractivity contribution in [1.82, 2.24) is 0 Å². The minimum Gasteiger partial charge on any atom is -0.317 e. The van der Waals surface area contributed by atoms with Crippen molar-refractivity contribution < 1.29 is 14.4 Å². The van der Waals surface area contributed by atoms with Crippen LogP contribution in [0.2, 0.25) is 0 Å². The third-order valence-electron chi connectivity index (χ3n) is 0.337. The zero-order valence-corrected chi connectivity index (χ0v) is 6.42. The van der Waals surface area contributed by atoms with Gasteiger partial charge in [-0.3, -0.25) is 0 Å². The maximum absolute atomic E-state index is 9.99. The molecule has 0 fully saturated rings. The molecule has 0 aromatic carbocycles. The second-order valence-electron chi connectivity index (χ2n) is 1.01. The number of hydrogen-bond donors (Lipinski definition) is 2. The monoisotopic (exact) mass is 176 g/mol. The highest BCUT2D eigenvalue weighted by molar-refractivity contribution is 8.54. The van der Waals surface area contributed by atoms with Crippen LogP contribution < -0.4 is 0 Å². The molecular weight excluding hydrogens is 171 g/mol. The maximum atomic E-state index is 9.99. The number of halogens is 1. The van der Waals surface area contributed by atoms with Crippen molar-refractivity contribution in [2.45, 2.75) is 0 Å². The molecule has 3 nitrogen and oxygen atoms in total. The molecule has 0 aliphatic rings. The summed E-state index contributed by atoms with van der Waals surface area (Å²) in [6.45, 7) is -3.85. The summed E-state index contributed by atoms with van der Waals surface area (Å²) in [5.74, 6) is 0.571. The Labute approximate surface area is 56.3 Å². The molecule has 0 saturated carbocycles. The van der Waals surface area contributed by atoms with E-state index in [2.05, 4.69) is 0 Å². The van der Waals surface area contributed by atoms with Crippen LogP contribution in [0.1, 0.15) is 0 Å². The molecule has 0 aliphatic heterocycles. The summed E-state index contributed by atoms with van der Waals surface area (Å²) >= 11 is 5.71. The van der Waals surface area contributed by atoms with Gasteiger partial charge in [0.2, 0.25) is 0 Å². The fraction of sp³-hybridized carbons (Fsp3) is 1.00. The van der Waals surface area contributed by atoms with E-state index >= 15 is 0 Å². The van der Waals surface area contributed by atoms with Gasteiger partial charge in [-0.2, -0.15) is 0 Å². The van der Waals surface area contributed by atoms with E-state index in [-0.39, 0.29) is 5.88 Å². The molecule has 2 N–H and O–H groups in total. The number of hydrogen-bond acceptors (Lipinski definition) is 2.